The van der Waals surface area contributed by atoms with Crippen LogP contribution in [0.15, 0.2) is 24.3 Å². The highest BCUT2D eigenvalue weighted by Crippen LogP contribution is 2.16. The number of Topliss-reactive ketones (excluding diaryl/α,β-unsaturated/α-hetero) is 2. The van der Waals surface area contributed by atoms with Crippen LogP contribution in [0.1, 0.15) is 17.3 Å². The molecule has 0 aromatic heterocycles. The molecule has 0 N–H and O–H groups in total. The lowest BCUT2D eigenvalue weighted by atomic mass is 9.95. The first kappa shape index (κ1) is 14.0. The third-order valence-corrected chi connectivity index (χ3v) is 2.50. The van der Waals surface area contributed by atoms with Crippen molar-refractivity contribution in [2.45, 2.75) is 6.92 Å². The molecule has 0 bridgehead atoms. The largest absolute Gasteiger partial charge is 0.377 e. The fraction of sp³-hybridized carbons (Fsp3) is 0.333. The molecule has 1 rings (SSSR count). The smallest absolute Gasteiger partial charge is 0.270 e. The van der Waals surface area contributed by atoms with Crippen molar-refractivity contribution in [2.24, 2.45) is 5.92 Å². The molecule has 0 fully saturated rings. The first-order valence-corrected chi connectivity index (χ1v) is 5.27. The minimum atomic E-state index is -0.869. The summed E-state index contributed by atoms with van der Waals surface area (Å²) in [5.74, 6) is -1.67. The van der Waals surface area contributed by atoms with Crippen molar-refractivity contribution >= 4 is 17.3 Å². The number of nitro benzene ring substituents is 1. The van der Waals surface area contributed by atoms with E-state index in [9.17, 15) is 19.7 Å². The third kappa shape index (κ3) is 3.21. The number of nitro groups is 1. The number of benzene rings is 1. The van der Waals surface area contributed by atoms with Crippen molar-refractivity contribution in [2.75, 3.05) is 13.7 Å². The number of carbonyl (C=O) groups excluding carboxylic acids is 2. The van der Waals surface area contributed by atoms with Crippen LogP contribution in [0.5, 0.6) is 0 Å². The Morgan fingerprint density at radius 3 is 2.67 bits per heavy atom. The van der Waals surface area contributed by atoms with E-state index in [1.807, 2.05) is 0 Å². The summed E-state index contributed by atoms with van der Waals surface area (Å²) in [6, 6.07) is 5.32. The Morgan fingerprint density at radius 2 is 2.11 bits per heavy atom. The minimum Gasteiger partial charge on any atom is -0.377 e. The summed E-state index contributed by atoms with van der Waals surface area (Å²) in [6.07, 6.45) is 0. The van der Waals surface area contributed by atoms with Gasteiger partial charge in [0.15, 0.2) is 11.6 Å². The van der Waals surface area contributed by atoms with Crippen LogP contribution in [0, 0.1) is 16.0 Å². The Balaban J connectivity index is 2.93. The monoisotopic (exact) mass is 251 g/mol. The number of non-ortho nitro benzene ring substituents is 1. The van der Waals surface area contributed by atoms with Gasteiger partial charge in [-0.2, -0.15) is 0 Å². The number of methoxy groups -OCH3 is 1. The second-order valence-electron chi connectivity index (χ2n) is 3.79. The Kier molecular flexibility index (Phi) is 4.67. The lowest BCUT2D eigenvalue weighted by molar-refractivity contribution is -0.384. The van der Waals surface area contributed by atoms with Gasteiger partial charge in [-0.05, 0) is 6.92 Å². The molecular weight excluding hydrogens is 238 g/mol. The van der Waals surface area contributed by atoms with Crippen molar-refractivity contribution in [1.82, 2.24) is 0 Å². The van der Waals surface area contributed by atoms with Crippen LogP contribution in [0.2, 0.25) is 0 Å². The van der Waals surface area contributed by atoms with E-state index in [1.165, 1.54) is 38.3 Å². The molecule has 0 radical (unpaired) electrons. The fourth-order valence-electron chi connectivity index (χ4n) is 1.44. The molecule has 0 amide bonds. The van der Waals surface area contributed by atoms with Crippen molar-refractivity contribution < 1.29 is 19.2 Å². The summed E-state index contributed by atoms with van der Waals surface area (Å²) in [6.45, 7) is 1.31. The summed E-state index contributed by atoms with van der Waals surface area (Å²) in [7, 11) is 1.36. The van der Waals surface area contributed by atoms with Crippen LogP contribution >= 0.6 is 0 Å². The number of hydrogen-bond acceptors (Lipinski definition) is 5. The number of nitrogens with zero attached hydrogens (tertiary/aromatic N) is 1. The van der Waals surface area contributed by atoms with Gasteiger partial charge in [-0.15, -0.1) is 0 Å². The molecule has 0 aliphatic rings. The van der Waals surface area contributed by atoms with Gasteiger partial charge in [-0.1, -0.05) is 12.1 Å². The summed E-state index contributed by atoms with van der Waals surface area (Å²) in [4.78, 5) is 33.4. The Hall–Kier alpha value is -2.08. The van der Waals surface area contributed by atoms with Gasteiger partial charge in [-0.3, -0.25) is 19.7 Å². The van der Waals surface area contributed by atoms with Crippen LogP contribution in [-0.4, -0.2) is 30.2 Å². The zero-order valence-corrected chi connectivity index (χ0v) is 10.1. The van der Waals surface area contributed by atoms with Crippen LogP contribution < -0.4 is 0 Å². The molecule has 0 aliphatic heterocycles. The molecular formula is C12H13NO5. The van der Waals surface area contributed by atoms with Gasteiger partial charge in [0.25, 0.3) is 5.69 Å². The minimum absolute atomic E-state index is 0.151. The number of hydrogen-bond donors (Lipinski definition) is 0. The summed E-state index contributed by atoms with van der Waals surface area (Å²) in [5.41, 5.74) is -0.0200. The molecule has 0 saturated carbocycles. The van der Waals surface area contributed by atoms with Crippen LogP contribution in [0.3, 0.4) is 0 Å². The predicted octanol–water partition coefficient (Wildman–Crippen LogP) is 1.63. The number of ether oxygens (including phenoxy) is 1. The quantitative estimate of drug-likeness (QED) is 0.332. The molecule has 18 heavy (non-hydrogen) atoms. The van der Waals surface area contributed by atoms with E-state index in [1.54, 1.807) is 0 Å². The summed E-state index contributed by atoms with van der Waals surface area (Å²) >= 11 is 0. The standard InChI is InChI=1S/C12H13NO5/c1-8(11(14)7-18-2)12(15)9-4-3-5-10(6-9)13(16)17/h3-6,8H,7H2,1-2H3. The summed E-state index contributed by atoms with van der Waals surface area (Å²) < 4.78 is 4.66. The SMILES string of the molecule is COCC(=O)C(C)C(=O)c1cccc([N+](=O)[O-])c1. The van der Waals surface area contributed by atoms with Crippen molar-refractivity contribution in [3.05, 3.63) is 39.9 Å². The van der Waals surface area contributed by atoms with E-state index in [4.69, 9.17) is 0 Å². The number of carbonyl (C=O) groups is 2. The van der Waals surface area contributed by atoms with Gasteiger partial charge in [0.2, 0.25) is 0 Å². The van der Waals surface area contributed by atoms with Crippen molar-refractivity contribution in [1.29, 1.82) is 0 Å². The highest BCUT2D eigenvalue weighted by molar-refractivity contribution is 6.10. The second-order valence-corrected chi connectivity index (χ2v) is 3.79. The van der Waals surface area contributed by atoms with Gasteiger partial charge in [0, 0.05) is 24.8 Å². The fourth-order valence-corrected chi connectivity index (χ4v) is 1.44. The van der Waals surface area contributed by atoms with Gasteiger partial charge >= 0.3 is 0 Å². The maximum atomic E-state index is 11.9. The molecule has 0 spiro atoms. The Morgan fingerprint density at radius 1 is 1.44 bits per heavy atom. The van der Waals surface area contributed by atoms with Crippen LogP contribution in [0.4, 0.5) is 5.69 Å². The first-order chi connectivity index (χ1) is 8.47. The molecule has 1 atom stereocenters. The van der Waals surface area contributed by atoms with E-state index in [0.29, 0.717) is 0 Å². The molecule has 0 saturated heterocycles. The van der Waals surface area contributed by atoms with Gasteiger partial charge < -0.3 is 4.74 Å². The first-order valence-electron chi connectivity index (χ1n) is 5.27. The third-order valence-electron chi connectivity index (χ3n) is 2.50. The molecule has 1 aromatic rings. The zero-order chi connectivity index (χ0) is 13.7. The Bertz CT molecular complexity index is 483. The van der Waals surface area contributed by atoms with Crippen molar-refractivity contribution in [3.8, 4) is 0 Å². The van der Waals surface area contributed by atoms with E-state index < -0.39 is 16.6 Å². The highest BCUT2D eigenvalue weighted by Gasteiger charge is 2.23. The molecule has 6 heteroatoms. The van der Waals surface area contributed by atoms with E-state index in [0.717, 1.165) is 0 Å². The van der Waals surface area contributed by atoms with Crippen LogP contribution in [0.25, 0.3) is 0 Å². The molecule has 0 aliphatic carbocycles. The average Bonchev–Trinajstić information content (AvgIpc) is 2.37. The number of ketones is 2. The molecule has 1 unspecified atom stereocenters. The van der Waals surface area contributed by atoms with E-state index in [-0.39, 0.29) is 23.6 Å². The molecule has 1 aromatic carbocycles. The molecule has 6 nitrogen and oxygen atoms in total. The normalized spacial score (nSPS) is 11.9. The van der Waals surface area contributed by atoms with E-state index in [2.05, 4.69) is 4.74 Å². The van der Waals surface area contributed by atoms with Gasteiger partial charge in [-0.25, -0.2) is 0 Å². The van der Waals surface area contributed by atoms with Gasteiger partial charge in [0.05, 0.1) is 10.8 Å². The van der Waals surface area contributed by atoms with Crippen LogP contribution in [-0.2, 0) is 9.53 Å². The average molecular weight is 251 g/mol. The lowest BCUT2D eigenvalue weighted by Crippen LogP contribution is -2.24. The molecule has 0 heterocycles. The summed E-state index contributed by atoms with van der Waals surface area (Å²) in [5, 5.41) is 10.6. The predicted molar refractivity (Wildman–Crippen MR) is 63.5 cm³/mol. The van der Waals surface area contributed by atoms with E-state index >= 15 is 0 Å². The maximum absolute atomic E-state index is 11.9. The highest BCUT2D eigenvalue weighted by atomic mass is 16.6. The second kappa shape index (κ2) is 6.02. The zero-order valence-electron chi connectivity index (χ0n) is 10.1. The molecule has 96 valence electrons. The van der Waals surface area contributed by atoms with Crippen molar-refractivity contribution in [3.63, 3.8) is 0 Å². The number of rotatable bonds is 6. The Labute approximate surface area is 104 Å². The maximum Gasteiger partial charge on any atom is 0.270 e. The lowest BCUT2D eigenvalue weighted by Gasteiger charge is -2.08. The van der Waals surface area contributed by atoms with Gasteiger partial charge in [0.1, 0.15) is 6.61 Å². The topological polar surface area (TPSA) is 86.5 Å².